The molecule has 0 saturated carbocycles. The number of hydrogen-bond acceptors (Lipinski definition) is 8. The van der Waals surface area contributed by atoms with Crippen molar-refractivity contribution in [2.75, 3.05) is 27.9 Å². The second kappa shape index (κ2) is 13.0. The molecule has 0 N–H and O–H groups in total. The molecule has 0 saturated heterocycles. The van der Waals surface area contributed by atoms with Crippen molar-refractivity contribution in [2.45, 2.75) is 26.4 Å². The zero-order chi connectivity index (χ0) is 32.5. The lowest BCUT2D eigenvalue weighted by atomic mass is 9.95. The van der Waals surface area contributed by atoms with E-state index in [1.807, 2.05) is 30.3 Å². The number of ether oxygens (including phenoxy) is 4. The van der Waals surface area contributed by atoms with Gasteiger partial charge in [-0.3, -0.25) is 9.36 Å². The van der Waals surface area contributed by atoms with Crippen LogP contribution in [0.3, 0.4) is 0 Å². The van der Waals surface area contributed by atoms with Gasteiger partial charge in [0.05, 0.1) is 49.8 Å². The SMILES string of the molecule is CCOC(=O)C1=C(C)N=c2s/c(=C/c3cn(Cc4ccc(Br)cc4)c4ccccc34)c(=O)n2[C@@H]1c1cc(OC)c(OC)c(OC)c1. The summed E-state index contributed by atoms with van der Waals surface area (Å²) in [7, 11) is 4.56. The number of thiazole rings is 1. The van der Waals surface area contributed by atoms with E-state index in [1.165, 1.54) is 32.7 Å². The summed E-state index contributed by atoms with van der Waals surface area (Å²) in [6, 6.07) is 19.0. The molecular formula is C35H32BrN3O6S. The smallest absolute Gasteiger partial charge is 0.338 e. The Morgan fingerprint density at radius 1 is 1.02 bits per heavy atom. The summed E-state index contributed by atoms with van der Waals surface area (Å²) in [4.78, 5) is 32.9. The van der Waals surface area contributed by atoms with Crippen LogP contribution in [0.15, 0.2) is 92.4 Å². The van der Waals surface area contributed by atoms with Crippen LogP contribution in [0.1, 0.15) is 36.6 Å². The van der Waals surface area contributed by atoms with Gasteiger partial charge in [-0.1, -0.05) is 57.6 Å². The van der Waals surface area contributed by atoms with E-state index in [9.17, 15) is 9.59 Å². The lowest BCUT2D eigenvalue weighted by Crippen LogP contribution is -2.40. The van der Waals surface area contributed by atoms with Crippen LogP contribution in [-0.4, -0.2) is 43.0 Å². The Morgan fingerprint density at radius 2 is 1.72 bits per heavy atom. The molecule has 1 aliphatic heterocycles. The predicted octanol–water partition coefficient (Wildman–Crippen LogP) is 5.59. The number of carbonyl (C=O) groups is 1. The van der Waals surface area contributed by atoms with Crippen LogP contribution in [0.4, 0.5) is 0 Å². The minimum absolute atomic E-state index is 0.173. The van der Waals surface area contributed by atoms with Crippen LogP contribution >= 0.6 is 27.3 Å². The van der Waals surface area contributed by atoms with Crippen molar-refractivity contribution in [3.05, 3.63) is 119 Å². The Labute approximate surface area is 277 Å². The maximum atomic E-state index is 14.3. The molecule has 1 atom stereocenters. The number of carbonyl (C=O) groups excluding carboxylic acids is 1. The molecule has 9 nitrogen and oxygen atoms in total. The van der Waals surface area contributed by atoms with Crippen molar-refractivity contribution in [1.82, 2.24) is 9.13 Å². The van der Waals surface area contributed by atoms with E-state index in [1.54, 1.807) is 30.5 Å². The van der Waals surface area contributed by atoms with Gasteiger partial charge in [0.1, 0.15) is 0 Å². The van der Waals surface area contributed by atoms with Crippen molar-refractivity contribution in [3.8, 4) is 17.2 Å². The number of hydrogen-bond donors (Lipinski definition) is 0. The first kappa shape index (κ1) is 31.4. The summed E-state index contributed by atoms with van der Waals surface area (Å²) >= 11 is 4.79. The van der Waals surface area contributed by atoms with Gasteiger partial charge in [-0.15, -0.1) is 0 Å². The monoisotopic (exact) mass is 701 g/mol. The van der Waals surface area contributed by atoms with Gasteiger partial charge in [0, 0.05) is 33.7 Å². The zero-order valence-electron chi connectivity index (χ0n) is 26.0. The molecule has 5 aromatic rings. The van der Waals surface area contributed by atoms with Crippen molar-refractivity contribution in [3.63, 3.8) is 0 Å². The Kier molecular flexibility index (Phi) is 8.88. The summed E-state index contributed by atoms with van der Waals surface area (Å²) in [5, 5.41) is 1.02. The number of aromatic nitrogens is 2. The minimum atomic E-state index is -0.843. The highest BCUT2D eigenvalue weighted by Gasteiger charge is 2.34. The average molecular weight is 703 g/mol. The van der Waals surface area contributed by atoms with Crippen molar-refractivity contribution < 1.29 is 23.7 Å². The molecule has 11 heteroatoms. The molecule has 3 heterocycles. The second-order valence-corrected chi connectivity index (χ2v) is 12.5. The quantitative estimate of drug-likeness (QED) is 0.186. The second-order valence-electron chi connectivity index (χ2n) is 10.6. The molecule has 1 aliphatic rings. The number of fused-ring (bicyclic) bond motifs is 2. The Balaban J connectivity index is 1.54. The molecule has 0 radical (unpaired) electrons. The van der Waals surface area contributed by atoms with Crippen molar-refractivity contribution >= 4 is 50.2 Å². The molecule has 0 aliphatic carbocycles. The maximum Gasteiger partial charge on any atom is 0.338 e. The fourth-order valence-electron chi connectivity index (χ4n) is 5.81. The molecule has 6 rings (SSSR count). The molecule has 0 spiro atoms. The fourth-order valence-corrected chi connectivity index (χ4v) is 7.12. The zero-order valence-corrected chi connectivity index (χ0v) is 28.4. The highest BCUT2D eigenvalue weighted by atomic mass is 79.9. The number of methoxy groups -OCH3 is 3. The Hall–Kier alpha value is -4.61. The predicted molar refractivity (Wildman–Crippen MR) is 182 cm³/mol. The minimum Gasteiger partial charge on any atom is -0.493 e. The van der Waals surface area contributed by atoms with E-state index in [4.69, 9.17) is 23.9 Å². The summed E-state index contributed by atoms with van der Waals surface area (Å²) in [5.41, 5.74) is 4.16. The first-order valence-corrected chi connectivity index (χ1v) is 16.2. The van der Waals surface area contributed by atoms with Gasteiger partial charge in [-0.2, -0.15) is 0 Å². The number of para-hydroxylation sites is 1. The summed E-state index contributed by atoms with van der Waals surface area (Å²) in [6.07, 6.45) is 3.97. The van der Waals surface area contributed by atoms with Crippen LogP contribution in [-0.2, 0) is 16.1 Å². The summed E-state index contributed by atoms with van der Waals surface area (Å²) in [5.74, 6) is 0.651. The van der Waals surface area contributed by atoms with Crippen molar-refractivity contribution in [1.29, 1.82) is 0 Å². The maximum absolute atomic E-state index is 14.3. The first-order chi connectivity index (χ1) is 22.3. The molecule has 2 aromatic heterocycles. The molecule has 46 heavy (non-hydrogen) atoms. The average Bonchev–Trinajstić information content (AvgIpc) is 3.56. The van der Waals surface area contributed by atoms with Crippen LogP contribution < -0.4 is 29.1 Å². The highest BCUT2D eigenvalue weighted by Crippen LogP contribution is 2.42. The third-order valence-corrected chi connectivity index (χ3v) is 9.40. The molecule has 0 unspecified atom stereocenters. The van der Waals surface area contributed by atoms with E-state index in [2.05, 4.69) is 51.0 Å². The van der Waals surface area contributed by atoms with E-state index >= 15 is 0 Å². The van der Waals surface area contributed by atoms with Gasteiger partial charge < -0.3 is 23.5 Å². The normalized spacial score (nSPS) is 14.7. The number of benzene rings is 3. The van der Waals surface area contributed by atoms with Gasteiger partial charge in [0.2, 0.25) is 5.75 Å². The summed E-state index contributed by atoms with van der Waals surface area (Å²) < 4.78 is 27.5. The lowest BCUT2D eigenvalue weighted by Gasteiger charge is -2.26. The number of nitrogens with zero attached hydrogens (tertiary/aromatic N) is 3. The van der Waals surface area contributed by atoms with Gasteiger partial charge in [-0.25, -0.2) is 9.79 Å². The molecule has 3 aromatic carbocycles. The largest absolute Gasteiger partial charge is 0.493 e. The van der Waals surface area contributed by atoms with E-state index in [0.717, 1.165) is 26.5 Å². The van der Waals surface area contributed by atoms with Crippen LogP contribution in [0.25, 0.3) is 17.0 Å². The molecular weight excluding hydrogens is 670 g/mol. The summed E-state index contributed by atoms with van der Waals surface area (Å²) in [6.45, 7) is 4.34. The lowest BCUT2D eigenvalue weighted by molar-refractivity contribution is -0.139. The molecule has 236 valence electrons. The van der Waals surface area contributed by atoms with Gasteiger partial charge in [-0.05, 0) is 61.4 Å². The number of esters is 1. The van der Waals surface area contributed by atoms with E-state index in [0.29, 0.717) is 44.4 Å². The van der Waals surface area contributed by atoms with E-state index in [-0.39, 0.29) is 17.7 Å². The molecule has 0 bridgehead atoms. The molecule has 0 amide bonds. The standard InChI is InChI=1S/C35H32BrN3O6S/c1-6-45-34(41)30-20(2)37-35-39(31(30)22-15-27(42-3)32(44-5)28(16-22)43-4)33(40)29(46-35)17-23-19-38(26-10-8-7-9-25(23)26)18-21-11-13-24(36)14-12-21/h7-17,19,31H,6,18H2,1-5H3/b29-17+/t31-/m1/s1. The van der Waals surface area contributed by atoms with Gasteiger partial charge in [0.15, 0.2) is 16.3 Å². The van der Waals surface area contributed by atoms with Crippen LogP contribution in [0.2, 0.25) is 0 Å². The van der Waals surface area contributed by atoms with E-state index < -0.39 is 12.0 Å². The third-order valence-electron chi connectivity index (χ3n) is 7.89. The highest BCUT2D eigenvalue weighted by molar-refractivity contribution is 9.10. The van der Waals surface area contributed by atoms with Crippen molar-refractivity contribution in [2.24, 2.45) is 4.99 Å². The third kappa shape index (κ3) is 5.65. The van der Waals surface area contributed by atoms with Crippen LogP contribution in [0.5, 0.6) is 17.2 Å². The molecule has 0 fully saturated rings. The van der Waals surface area contributed by atoms with Gasteiger partial charge in [0.25, 0.3) is 5.56 Å². The fraction of sp³-hybridized carbons (Fsp3) is 0.229. The first-order valence-electron chi connectivity index (χ1n) is 14.6. The topological polar surface area (TPSA) is 93.3 Å². The van der Waals surface area contributed by atoms with Gasteiger partial charge >= 0.3 is 5.97 Å². The number of rotatable bonds is 9. The number of allylic oxidation sites excluding steroid dienone is 1. The Morgan fingerprint density at radius 3 is 2.37 bits per heavy atom. The number of halogens is 1. The Bertz CT molecular complexity index is 2150. The van der Waals surface area contributed by atoms with Crippen LogP contribution in [0, 0.1) is 0 Å².